The van der Waals surface area contributed by atoms with Crippen LogP contribution in [0.25, 0.3) is 10.8 Å². The molecule has 1 aliphatic rings. The van der Waals surface area contributed by atoms with Crippen molar-refractivity contribution < 1.29 is 16.8 Å². The van der Waals surface area contributed by atoms with Crippen LogP contribution in [-0.2, 0) is 20.0 Å². The molecule has 4 aromatic carbocycles. The van der Waals surface area contributed by atoms with Crippen LogP contribution < -0.4 is 14.3 Å². The van der Waals surface area contributed by atoms with Crippen LogP contribution in [0.5, 0.6) is 0 Å². The van der Waals surface area contributed by atoms with Gasteiger partial charge in [-0.15, -0.1) is 0 Å². The molecule has 0 spiro atoms. The molecule has 210 valence electrons. The standard InChI is InChI=1S/C30H34N4O4S2/c1-3-33-17-19-34(20-18-33)29-16-14-27(22-30(29)40(37,38)31-23(2)24-9-5-4-6-10-24)32-39(35,36)28-15-13-25-11-7-8-12-26(25)21-28/h4-16,21-23,31-32H,3,17-20H2,1-2H3. The van der Waals surface area contributed by atoms with E-state index in [0.717, 1.165) is 36.0 Å². The SMILES string of the molecule is CCN1CCN(c2ccc(NS(=O)(=O)c3ccc4ccccc4c3)cc2S(=O)(=O)NC(C)c2ccccc2)CC1. The maximum Gasteiger partial charge on any atom is 0.261 e. The second-order valence-corrected chi connectivity index (χ2v) is 13.3. The van der Waals surface area contributed by atoms with Gasteiger partial charge in [0.1, 0.15) is 4.90 Å². The van der Waals surface area contributed by atoms with E-state index in [1.165, 1.54) is 6.07 Å². The third kappa shape index (κ3) is 6.15. The Hall–Kier alpha value is -3.44. The Labute approximate surface area is 236 Å². The number of hydrogen-bond acceptors (Lipinski definition) is 6. The summed E-state index contributed by atoms with van der Waals surface area (Å²) in [5.41, 5.74) is 1.56. The van der Waals surface area contributed by atoms with E-state index >= 15 is 0 Å². The van der Waals surface area contributed by atoms with Crippen molar-refractivity contribution in [3.05, 3.63) is 96.6 Å². The maximum atomic E-state index is 13.8. The first-order chi connectivity index (χ1) is 19.2. The maximum absolute atomic E-state index is 13.8. The van der Waals surface area contributed by atoms with E-state index < -0.39 is 26.1 Å². The normalized spacial score (nSPS) is 15.7. The van der Waals surface area contributed by atoms with Crippen molar-refractivity contribution in [3.8, 4) is 0 Å². The van der Waals surface area contributed by atoms with Gasteiger partial charge in [-0.25, -0.2) is 21.6 Å². The second-order valence-electron chi connectivity index (χ2n) is 9.97. The topological polar surface area (TPSA) is 98.8 Å². The second kappa shape index (κ2) is 11.6. The number of sulfonamides is 2. The van der Waals surface area contributed by atoms with Crippen molar-refractivity contribution in [2.75, 3.05) is 42.3 Å². The molecule has 4 aromatic rings. The van der Waals surface area contributed by atoms with Crippen LogP contribution in [0.4, 0.5) is 11.4 Å². The molecule has 40 heavy (non-hydrogen) atoms. The molecule has 8 nitrogen and oxygen atoms in total. The molecule has 0 saturated carbocycles. The van der Waals surface area contributed by atoms with Gasteiger partial charge in [-0.3, -0.25) is 4.72 Å². The number of likely N-dealkylation sites (N-methyl/N-ethyl adjacent to an activating group) is 1. The lowest BCUT2D eigenvalue weighted by molar-refractivity contribution is 0.271. The molecule has 0 aliphatic carbocycles. The molecule has 5 rings (SSSR count). The summed E-state index contributed by atoms with van der Waals surface area (Å²) in [4.78, 5) is 4.51. The van der Waals surface area contributed by atoms with E-state index in [1.54, 1.807) is 37.3 Å². The van der Waals surface area contributed by atoms with E-state index in [0.29, 0.717) is 18.8 Å². The van der Waals surface area contributed by atoms with E-state index in [1.807, 2.05) is 54.6 Å². The van der Waals surface area contributed by atoms with Crippen molar-refractivity contribution in [1.29, 1.82) is 0 Å². The van der Waals surface area contributed by atoms with Gasteiger partial charge in [-0.1, -0.05) is 67.6 Å². The molecular formula is C30H34N4O4S2. The summed E-state index contributed by atoms with van der Waals surface area (Å²) in [7, 11) is -7.99. The van der Waals surface area contributed by atoms with Gasteiger partial charge in [0.15, 0.2) is 0 Å². The Kier molecular flexibility index (Phi) is 8.14. The van der Waals surface area contributed by atoms with Crippen molar-refractivity contribution >= 4 is 42.2 Å². The summed E-state index contributed by atoms with van der Waals surface area (Å²) in [6, 6.07) is 26.0. The largest absolute Gasteiger partial charge is 0.368 e. The van der Waals surface area contributed by atoms with E-state index in [4.69, 9.17) is 0 Å². The highest BCUT2D eigenvalue weighted by Gasteiger charge is 2.27. The van der Waals surface area contributed by atoms with Gasteiger partial charge in [0.05, 0.1) is 16.3 Å². The summed E-state index contributed by atoms with van der Waals surface area (Å²) >= 11 is 0. The first kappa shape index (κ1) is 28.1. The third-order valence-corrected chi connectivity index (χ3v) is 10.3. The number of nitrogens with zero attached hydrogens (tertiary/aromatic N) is 2. The van der Waals surface area contributed by atoms with Crippen LogP contribution in [0.2, 0.25) is 0 Å². The van der Waals surface area contributed by atoms with Gasteiger partial charge in [-0.2, -0.15) is 0 Å². The van der Waals surface area contributed by atoms with Crippen LogP contribution in [0.15, 0.2) is 101 Å². The lowest BCUT2D eigenvalue weighted by Crippen LogP contribution is -2.46. The first-order valence-electron chi connectivity index (χ1n) is 13.4. The van der Waals surface area contributed by atoms with Crippen LogP contribution in [0.3, 0.4) is 0 Å². The van der Waals surface area contributed by atoms with Crippen LogP contribution in [0, 0.1) is 0 Å². The minimum atomic E-state index is -4.02. The molecule has 1 aliphatic heterocycles. The molecule has 1 fully saturated rings. The summed E-state index contributed by atoms with van der Waals surface area (Å²) in [6.07, 6.45) is 0. The first-order valence-corrected chi connectivity index (χ1v) is 16.3. The number of hydrogen-bond donors (Lipinski definition) is 2. The fourth-order valence-electron chi connectivity index (χ4n) is 5.01. The average molecular weight is 579 g/mol. The smallest absolute Gasteiger partial charge is 0.261 e. The molecule has 1 unspecified atom stereocenters. The van der Waals surface area contributed by atoms with E-state index in [2.05, 4.69) is 26.2 Å². The Bertz CT molecular complexity index is 1700. The molecule has 0 bridgehead atoms. The van der Waals surface area contributed by atoms with Crippen molar-refractivity contribution in [2.24, 2.45) is 0 Å². The van der Waals surface area contributed by atoms with Gasteiger partial charge >= 0.3 is 0 Å². The lowest BCUT2D eigenvalue weighted by atomic mass is 10.1. The fourth-order valence-corrected chi connectivity index (χ4v) is 7.58. The van der Waals surface area contributed by atoms with Crippen LogP contribution in [-0.4, -0.2) is 54.5 Å². The van der Waals surface area contributed by atoms with Gasteiger partial charge in [0, 0.05) is 32.2 Å². The molecule has 10 heteroatoms. The highest BCUT2D eigenvalue weighted by atomic mass is 32.2. The number of anilines is 2. The summed E-state index contributed by atoms with van der Waals surface area (Å²) in [6.45, 7) is 7.82. The van der Waals surface area contributed by atoms with Gasteiger partial charge in [0.25, 0.3) is 10.0 Å². The monoisotopic (exact) mass is 578 g/mol. The Morgan fingerprint density at radius 3 is 2.12 bits per heavy atom. The molecule has 1 saturated heterocycles. The molecule has 1 heterocycles. The number of piperazine rings is 1. The van der Waals surface area contributed by atoms with Crippen LogP contribution >= 0.6 is 0 Å². The zero-order valence-electron chi connectivity index (χ0n) is 22.6. The molecule has 2 N–H and O–H groups in total. The molecular weight excluding hydrogens is 544 g/mol. The zero-order valence-corrected chi connectivity index (χ0v) is 24.3. The van der Waals surface area contributed by atoms with Gasteiger partial charge in [-0.05, 0) is 60.1 Å². The quantitative estimate of drug-likeness (QED) is 0.296. The molecule has 0 amide bonds. The Balaban J connectivity index is 1.49. The predicted octanol–water partition coefficient (Wildman–Crippen LogP) is 4.82. The van der Waals surface area contributed by atoms with Crippen molar-refractivity contribution in [1.82, 2.24) is 9.62 Å². The highest BCUT2D eigenvalue weighted by molar-refractivity contribution is 7.92. The minimum Gasteiger partial charge on any atom is -0.368 e. The van der Waals surface area contributed by atoms with Crippen molar-refractivity contribution in [2.45, 2.75) is 29.7 Å². The molecule has 0 aromatic heterocycles. The van der Waals surface area contributed by atoms with Crippen molar-refractivity contribution in [3.63, 3.8) is 0 Å². The van der Waals surface area contributed by atoms with Crippen LogP contribution in [0.1, 0.15) is 25.5 Å². The Morgan fingerprint density at radius 2 is 1.43 bits per heavy atom. The van der Waals surface area contributed by atoms with E-state index in [9.17, 15) is 16.8 Å². The third-order valence-electron chi connectivity index (χ3n) is 7.32. The minimum absolute atomic E-state index is 0.0407. The number of benzene rings is 4. The summed E-state index contributed by atoms with van der Waals surface area (Å²) in [5, 5.41) is 1.73. The van der Waals surface area contributed by atoms with Gasteiger partial charge in [0.2, 0.25) is 10.0 Å². The Morgan fingerprint density at radius 1 is 0.750 bits per heavy atom. The number of fused-ring (bicyclic) bond motifs is 1. The highest BCUT2D eigenvalue weighted by Crippen LogP contribution is 2.32. The summed E-state index contributed by atoms with van der Waals surface area (Å²) < 4.78 is 59.7. The number of rotatable bonds is 9. The zero-order chi connectivity index (χ0) is 28.3. The molecule has 0 radical (unpaired) electrons. The average Bonchev–Trinajstić information content (AvgIpc) is 2.97. The van der Waals surface area contributed by atoms with E-state index in [-0.39, 0.29) is 15.5 Å². The van der Waals surface area contributed by atoms with Gasteiger partial charge < -0.3 is 9.80 Å². The predicted molar refractivity (Wildman–Crippen MR) is 161 cm³/mol. The number of nitrogens with one attached hydrogen (secondary N) is 2. The lowest BCUT2D eigenvalue weighted by Gasteiger charge is -2.36. The molecule has 1 atom stereocenters. The summed E-state index contributed by atoms with van der Waals surface area (Å²) in [5.74, 6) is 0. The fraction of sp³-hybridized carbons (Fsp3) is 0.267.